The van der Waals surface area contributed by atoms with Crippen LogP contribution in [0.3, 0.4) is 0 Å². The highest BCUT2D eigenvalue weighted by molar-refractivity contribution is 5.96. The van der Waals surface area contributed by atoms with Crippen LogP contribution < -0.4 is 20.8 Å². The molecular formula is C38H55N5O6. The molecule has 0 spiro atoms. The first-order valence-electron chi connectivity index (χ1n) is 17.5. The van der Waals surface area contributed by atoms with Crippen LogP contribution >= 0.6 is 0 Å². The highest BCUT2D eigenvalue weighted by atomic mass is 16.6. The lowest BCUT2D eigenvalue weighted by Crippen LogP contribution is -2.56. The summed E-state index contributed by atoms with van der Waals surface area (Å²) in [7, 11) is 1.67. The van der Waals surface area contributed by atoms with Crippen molar-refractivity contribution in [2.75, 3.05) is 33.3 Å². The average Bonchev–Trinajstić information content (AvgIpc) is 3.47. The second-order valence-electron chi connectivity index (χ2n) is 12.0. The van der Waals surface area contributed by atoms with Crippen LogP contribution in [0.2, 0.25) is 0 Å². The minimum atomic E-state index is -0.555. The van der Waals surface area contributed by atoms with Crippen molar-refractivity contribution in [1.82, 2.24) is 25.6 Å². The molecule has 1 atom stereocenters. The van der Waals surface area contributed by atoms with Gasteiger partial charge in [-0.2, -0.15) is 4.73 Å². The Morgan fingerprint density at radius 2 is 1.43 bits per heavy atom. The molecule has 268 valence electrons. The number of rotatable bonds is 7. The molecule has 0 bridgehead atoms. The smallest absolute Gasteiger partial charge is 0.243 e. The Morgan fingerprint density at radius 3 is 2.08 bits per heavy atom. The van der Waals surface area contributed by atoms with Crippen molar-refractivity contribution in [1.29, 1.82) is 0 Å². The van der Waals surface area contributed by atoms with Gasteiger partial charge in [0.25, 0.3) is 0 Å². The second kappa shape index (κ2) is 22.8. The molecular weight excluding hydrogens is 622 g/mol. The zero-order chi connectivity index (χ0) is 36.0. The summed E-state index contributed by atoms with van der Waals surface area (Å²) in [4.78, 5) is 65.1. The molecule has 3 aromatic rings. The molecule has 3 heterocycles. The molecule has 0 saturated carbocycles. The molecule has 11 nitrogen and oxygen atoms in total. The fraction of sp³-hybridized carbons (Fsp3) is 0.500. The SMILES string of the molecule is CCCC.CCCCCC(=O)c1ccccc1.COn1cc(C)c2ccccc21.O=C1CNC(=O)CNC(=O)C2CCCCN2C(=O)CN1. The van der Waals surface area contributed by atoms with E-state index in [2.05, 4.69) is 49.7 Å². The standard InChI is InChI=1S/C12H18N4O4.C12H16O.C10H11NO.C4H10/c17-9-5-13-10(18)6-15-12(20)8-3-1-2-4-16(8)11(19)7-14-9;1-2-3-5-10-12(13)11-8-6-4-7-9-11;1-8-7-11(12-2)10-6-4-3-5-9(8)10;1-3-4-2/h8H,1-7H2,(H,13,18)(H,14,17)(H,15,20);4,6-9H,2-3,5,10H2,1H3;3-7H,1-2H3;3-4H2,1-2H3. The van der Waals surface area contributed by atoms with Crippen LogP contribution in [-0.4, -0.2) is 78.4 Å². The van der Waals surface area contributed by atoms with Gasteiger partial charge in [-0.15, -0.1) is 0 Å². The molecule has 0 radical (unpaired) electrons. The molecule has 2 aliphatic rings. The molecule has 0 aliphatic carbocycles. The first kappa shape index (κ1) is 40.5. The number of nitrogens with zero attached hydrogens (tertiary/aromatic N) is 2. The Balaban J connectivity index is 0.000000251. The van der Waals surface area contributed by atoms with Crippen LogP contribution in [-0.2, 0) is 19.2 Å². The highest BCUT2D eigenvalue weighted by Gasteiger charge is 2.32. The number of carbonyl (C=O) groups excluding carboxylic acids is 5. The van der Waals surface area contributed by atoms with Crippen LogP contribution in [0.15, 0.2) is 60.8 Å². The van der Waals surface area contributed by atoms with Crippen molar-refractivity contribution in [2.24, 2.45) is 0 Å². The maximum absolute atomic E-state index is 12.1. The van der Waals surface area contributed by atoms with E-state index >= 15 is 0 Å². The van der Waals surface area contributed by atoms with Crippen molar-refractivity contribution < 1.29 is 28.8 Å². The topological polar surface area (TPSA) is 139 Å². The fourth-order valence-electron chi connectivity index (χ4n) is 5.14. The van der Waals surface area contributed by atoms with Crippen molar-refractivity contribution in [3.05, 3.63) is 71.9 Å². The van der Waals surface area contributed by atoms with Crippen molar-refractivity contribution in [2.45, 2.75) is 91.5 Å². The Labute approximate surface area is 291 Å². The number of carbonyl (C=O) groups is 5. The van der Waals surface area contributed by atoms with Gasteiger partial charge in [0, 0.05) is 30.1 Å². The molecule has 4 amide bonds. The van der Waals surface area contributed by atoms with Gasteiger partial charge >= 0.3 is 0 Å². The number of nitrogens with one attached hydrogen (secondary N) is 3. The third-order valence-corrected chi connectivity index (χ3v) is 8.11. The number of unbranched alkanes of at least 4 members (excludes halogenated alkanes) is 3. The average molecular weight is 678 g/mol. The summed E-state index contributed by atoms with van der Waals surface area (Å²) in [6.45, 7) is 8.54. The quantitative estimate of drug-likeness (QED) is 0.238. The summed E-state index contributed by atoms with van der Waals surface area (Å²) >= 11 is 0. The summed E-state index contributed by atoms with van der Waals surface area (Å²) in [5, 5.41) is 8.57. The van der Waals surface area contributed by atoms with E-state index in [0.29, 0.717) is 19.4 Å². The van der Waals surface area contributed by atoms with E-state index in [9.17, 15) is 24.0 Å². The summed E-state index contributed by atoms with van der Waals surface area (Å²) in [5.74, 6) is -1.17. The molecule has 1 unspecified atom stereocenters. The van der Waals surface area contributed by atoms with Crippen molar-refractivity contribution in [3.8, 4) is 0 Å². The summed E-state index contributed by atoms with van der Waals surface area (Å²) < 4.78 is 1.78. The van der Waals surface area contributed by atoms with Crippen LogP contribution in [0.4, 0.5) is 0 Å². The third kappa shape index (κ3) is 14.1. The highest BCUT2D eigenvalue weighted by Crippen LogP contribution is 2.19. The Morgan fingerprint density at radius 1 is 0.796 bits per heavy atom. The minimum Gasteiger partial charge on any atom is -0.417 e. The normalized spacial score (nSPS) is 16.3. The second-order valence-corrected chi connectivity index (χ2v) is 12.0. The Bertz CT molecular complexity index is 1430. The molecule has 2 aliphatic heterocycles. The van der Waals surface area contributed by atoms with Gasteiger partial charge in [0.05, 0.1) is 25.2 Å². The molecule has 2 saturated heterocycles. The van der Waals surface area contributed by atoms with Crippen LogP contribution in [0, 0.1) is 6.92 Å². The first-order valence-corrected chi connectivity index (χ1v) is 17.5. The maximum Gasteiger partial charge on any atom is 0.243 e. The molecule has 11 heteroatoms. The third-order valence-electron chi connectivity index (χ3n) is 8.11. The number of piperidine rings is 1. The van der Waals surface area contributed by atoms with Gasteiger partial charge in [0.2, 0.25) is 23.6 Å². The van der Waals surface area contributed by atoms with Gasteiger partial charge in [0.15, 0.2) is 5.78 Å². The monoisotopic (exact) mass is 677 g/mol. The van der Waals surface area contributed by atoms with Gasteiger partial charge in [-0.1, -0.05) is 95.0 Å². The molecule has 3 N–H and O–H groups in total. The van der Waals surface area contributed by atoms with Gasteiger partial charge < -0.3 is 25.7 Å². The van der Waals surface area contributed by atoms with Gasteiger partial charge in [-0.25, -0.2) is 0 Å². The zero-order valence-electron chi connectivity index (χ0n) is 29.9. The van der Waals surface area contributed by atoms with E-state index in [1.54, 1.807) is 11.8 Å². The number of para-hydroxylation sites is 1. The number of ketones is 1. The number of hydrogen-bond acceptors (Lipinski definition) is 6. The van der Waals surface area contributed by atoms with E-state index in [0.717, 1.165) is 36.8 Å². The number of benzene rings is 2. The summed E-state index contributed by atoms with van der Waals surface area (Å²) in [6.07, 6.45) is 10.9. The fourth-order valence-corrected chi connectivity index (χ4v) is 5.14. The summed E-state index contributed by atoms with van der Waals surface area (Å²) in [6, 6.07) is 17.2. The molecule has 49 heavy (non-hydrogen) atoms. The van der Waals surface area contributed by atoms with E-state index in [1.165, 1.54) is 35.1 Å². The molecule has 2 fully saturated rings. The van der Waals surface area contributed by atoms with Crippen LogP contribution in [0.1, 0.15) is 94.5 Å². The lowest BCUT2D eigenvalue weighted by Gasteiger charge is -2.35. The van der Waals surface area contributed by atoms with Gasteiger partial charge in [-0.3, -0.25) is 24.0 Å². The zero-order valence-corrected chi connectivity index (χ0v) is 29.9. The van der Waals surface area contributed by atoms with Crippen molar-refractivity contribution in [3.63, 3.8) is 0 Å². The van der Waals surface area contributed by atoms with Gasteiger partial charge in [-0.05, 0) is 44.2 Å². The van der Waals surface area contributed by atoms with Crippen LogP contribution in [0.5, 0.6) is 0 Å². The number of Topliss-reactive ketones (excluding diaryl/α,β-unsaturated/α-hetero) is 1. The molecule has 5 rings (SSSR count). The Kier molecular flexibility index (Phi) is 18.9. The lowest BCUT2D eigenvalue weighted by atomic mass is 10.0. The molecule has 2 aromatic carbocycles. The van der Waals surface area contributed by atoms with E-state index < -0.39 is 17.9 Å². The van der Waals surface area contributed by atoms with Gasteiger partial charge in [0.1, 0.15) is 13.2 Å². The maximum atomic E-state index is 12.1. The number of fused-ring (bicyclic) bond motifs is 2. The minimum absolute atomic E-state index is 0.154. The number of aromatic nitrogens is 1. The van der Waals surface area contributed by atoms with E-state index in [1.807, 2.05) is 54.7 Å². The number of amides is 4. The van der Waals surface area contributed by atoms with Crippen molar-refractivity contribution >= 4 is 40.3 Å². The predicted molar refractivity (Wildman–Crippen MR) is 193 cm³/mol. The Hall–Kier alpha value is -4.67. The van der Waals surface area contributed by atoms with Crippen LogP contribution in [0.25, 0.3) is 10.9 Å². The number of hydrogen-bond donors (Lipinski definition) is 3. The van der Waals surface area contributed by atoms with E-state index in [-0.39, 0.29) is 37.2 Å². The molecule has 1 aromatic heterocycles. The number of aryl methyl sites for hydroxylation is 1. The largest absolute Gasteiger partial charge is 0.417 e. The predicted octanol–water partition coefficient (Wildman–Crippen LogP) is 4.99. The summed E-state index contributed by atoms with van der Waals surface area (Å²) in [5.41, 5.74) is 3.21. The van der Waals surface area contributed by atoms with E-state index in [4.69, 9.17) is 4.84 Å². The first-order chi connectivity index (χ1) is 23.7. The lowest BCUT2D eigenvalue weighted by molar-refractivity contribution is -0.143.